The van der Waals surface area contributed by atoms with Crippen molar-refractivity contribution in [3.05, 3.63) is 30.7 Å². The molecular formula is C17H20N6O. The number of nitrogens with two attached hydrogens (primary N) is 1. The molecule has 0 amide bonds. The zero-order valence-corrected chi connectivity index (χ0v) is 13.6. The Kier molecular flexibility index (Phi) is 3.78. The monoisotopic (exact) mass is 324 g/mol. The summed E-state index contributed by atoms with van der Waals surface area (Å²) in [5.74, 6) is 0.269. The predicted molar refractivity (Wildman–Crippen MR) is 93.8 cm³/mol. The fourth-order valence-corrected chi connectivity index (χ4v) is 3.52. The maximum absolute atomic E-state index is 5.76. The predicted octanol–water partition coefficient (Wildman–Crippen LogP) is 2.22. The van der Waals surface area contributed by atoms with E-state index in [0.717, 1.165) is 54.0 Å². The van der Waals surface area contributed by atoms with Crippen LogP contribution in [0.2, 0.25) is 0 Å². The molecule has 3 aromatic rings. The molecule has 0 aliphatic carbocycles. The number of fused-ring (bicyclic) bond motifs is 1. The molecule has 0 unspecified atom stereocenters. The van der Waals surface area contributed by atoms with E-state index in [-0.39, 0.29) is 5.95 Å². The molecule has 1 atom stereocenters. The fraction of sp³-hybridized carbons (Fsp3) is 0.353. The molecule has 7 nitrogen and oxygen atoms in total. The minimum absolute atomic E-state index is 0.269. The minimum Gasteiger partial charge on any atom is -0.383 e. The van der Waals surface area contributed by atoms with E-state index in [1.165, 1.54) is 0 Å². The second-order valence-corrected chi connectivity index (χ2v) is 6.00. The standard InChI is InChI=1S/C17H20N6O/c1-24-10-11-3-2-8-23(11)14-5-7-19-16-15(14)12(9-21-16)13-4-6-20-17(18)22-13/h4-7,9,11H,2-3,8,10H2,1H3,(H,19,21)(H2,18,20,22)/t11-/m0/s1. The van der Waals surface area contributed by atoms with Crippen LogP contribution in [0.1, 0.15) is 12.8 Å². The minimum atomic E-state index is 0.269. The van der Waals surface area contributed by atoms with Gasteiger partial charge in [-0.15, -0.1) is 0 Å². The third kappa shape index (κ3) is 2.46. The van der Waals surface area contributed by atoms with Gasteiger partial charge in [-0.3, -0.25) is 0 Å². The van der Waals surface area contributed by atoms with Crippen LogP contribution in [0.25, 0.3) is 22.3 Å². The topological polar surface area (TPSA) is 93.0 Å². The maximum Gasteiger partial charge on any atom is 0.220 e. The normalized spacial score (nSPS) is 17.7. The number of nitrogens with one attached hydrogen (secondary N) is 1. The van der Waals surface area contributed by atoms with Crippen LogP contribution in [-0.2, 0) is 4.74 Å². The highest BCUT2D eigenvalue weighted by Gasteiger charge is 2.27. The molecule has 4 heterocycles. The van der Waals surface area contributed by atoms with E-state index in [2.05, 4.69) is 30.9 Å². The summed E-state index contributed by atoms with van der Waals surface area (Å²) in [5.41, 5.74) is 9.55. The van der Waals surface area contributed by atoms with Crippen molar-refractivity contribution in [2.45, 2.75) is 18.9 Å². The molecule has 0 spiro atoms. The van der Waals surface area contributed by atoms with Crippen LogP contribution in [0, 0.1) is 0 Å². The number of methoxy groups -OCH3 is 1. The molecular weight excluding hydrogens is 304 g/mol. The molecule has 1 saturated heterocycles. The van der Waals surface area contributed by atoms with Gasteiger partial charge in [-0.2, -0.15) is 0 Å². The van der Waals surface area contributed by atoms with Crippen LogP contribution in [0.15, 0.2) is 30.7 Å². The molecule has 3 aromatic heterocycles. The second-order valence-electron chi connectivity index (χ2n) is 6.00. The summed E-state index contributed by atoms with van der Waals surface area (Å²) in [6.45, 7) is 1.74. The van der Waals surface area contributed by atoms with Crippen molar-refractivity contribution < 1.29 is 4.74 Å². The van der Waals surface area contributed by atoms with E-state index in [0.29, 0.717) is 6.04 Å². The lowest BCUT2D eigenvalue weighted by Crippen LogP contribution is -2.32. The van der Waals surface area contributed by atoms with Crippen molar-refractivity contribution >= 4 is 22.7 Å². The Morgan fingerprint density at radius 1 is 1.33 bits per heavy atom. The van der Waals surface area contributed by atoms with Gasteiger partial charge in [0.15, 0.2) is 0 Å². The lowest BCUT2D eigenvalue weighted by atomic mass is 10.1. The first kappa shape index (κ1) is 14.9. The SMILES string of the molecule is COC[C@@H]1CCCN1c1ccnc2[nH]cc(-c3ccnc(N)n3)c12. The number of ether oxygens (including phenoxy) is 1. The highest BCUT2D eigenvalue weighted by atomic mass is 16.5. The summed E-state index contributed by atoms with van der Waals surface area (Å²) in [7, 11) is 1.75. The van der Waals surface area contributed by atoms with E-state index in [9.17, 15) is 0 Å². The largest absolute Gasteiger partial charge is 0.383 e. The van der Waals surface area contributed by atoms with E-state index in [4.69, 9.17) is 10.5 Å². The third-order valence-electron chi connectivity index (χ3n) is 4.55. The Morgan fingerprint density at radius 3 is 3.04 bits per heavy atom. The number of hydrogen-bond donors (Lipinski definition) is 2. The lowest BCUT2D eigenvalue weighted by molar-refractivity contribution is 0.181. The summed E-state index contributed by atoms with van der Waals surface area (Å²) in [5, 5.41) is 1.07. The Balaban J connectivity index is 1.86. The van der Waals surface area contributed by atoms with Gasteiger partial charge >= 0.3 is 0 Å². The van der Waals surface area contributed by atoms with Gasteiger partial charge in [0.05, 0.1) is 29.4 Å². The Morgan fingerprint density at radius 2 is 2.21 bits per heavy atom. The maximum atomic E-state index is 5.76. The van der Waals surface area contributed by atoms with Gasteiger partial charge in [-0.05, 0) is 25.0 Å². The number of aromatic amines is 1. The smallest absolute Gasteiger partial charge is 0.220 e. The molecule has 1 aliphatic heterocycles. The van der Waals surface area contributed by atoms with Gasteiger partial charge in [-0.25, -0.2) is 15.0 Å². The highest BCUT2D eigenvalue weighted by molar-refractivity contribution is 6.02. The Labute approximate surface area is 139 Å². The summed E-state index contributed by atoms with van der Waals surface area (Å²) >= 11 is 0. The average Bonchev–Trinajstić information content (AvgIpc) is 3.21. The first-order valence-electron chi connectivity index (χ1n) is 8.08. The molecule has 3 N–H and O–H groups in total. The number of nitrogen functional groups attached to an aromatic ring is 1. The average molecular weight is 324 g/mol. The number of nitrogens with zero attached hydrogens (tertiary/aromatic N) is 4. The van der Waals surface area contributed by atoms with Gasteiger partial charge < -0.3 is 20.4 Å². The van der Waals surface area contributed by atoms with Crippen molar-refractivity contribution in [2.75, 3.05) is 30.9 Å². The molecule has 0 saturated carbocycles. The van der Waals surface area contributed by atoms with Crippen molar-refractivity contribution in [3.63, 3.8) is 0 Å². The zero-order valence-electron chi connectivity index (χ0n) is 13.6. The molecule has 24 heavy (non-hydrogen) atoms. The van der Waals surface area contributed by atoms with E-state index < -0.39 is 0 Å². The number of hydrogen-bond acceptors (Lipinski definition) is 6. The number of rotatable bonds is 4. The molecule has 7 heteroatoms. The molecule has 0 bridgehead atoms. The Hall–Kier alpha value is -2.67. The molecule has 4 rings (SSSR count). The second kappa shape index (κ2) is 6.09. The van der Waals surface area contributed by atoms with E-state index >= 15 is 0 Å². The van der Waals surface area contributed by atoms with E-state index in [1.807, 2.05) is 18.5 Å². The van der Waals surface area contributed by atoms with Crippen LogP contribution < -0.4 is 10.6 Å². The van der Waals surface area contributed by atoms with Gasteiger partial charge in [0.25, 0.3) is 0 Å². The van der Waals surface area contributed by atoms with Crippen LogP contribution >= 0.6 is 0 Å². The van der Waals surface area contributed by atoms with Gasteiger partial charge in [0.1, 0.15) is 5.65 Å². The van der Waals surface area contributed by atoms with Crippen LogP contribution in [-0.4, -0.2) is 46.2 Å². The van der Waals surface area contributed by atoms with Gasteiger partial charge in [0, 0.05) is 37.8 Å². The number of anilines is 2. The van der Waals surface area contributed by atoms with Gasteiger partial charge in [-0.1, -0.05) is 0 Å². The van der Waals surface area contributed by atoms with Gasteiger partial charge in [0.2, 0.25) is 5.95 Å². The fourth-order valence-electron chi connectivity index (χ4n) is 3.52. The quantitative estimate of drug-likeness (QED) is 0.764. The molecule has 124 valence electrons. The summed E-state index contributed by atoms with van der Waals surface area (Å²) in [6.07, 6.45) is 7.75. The van der Waals surface area contributed by atoms with Crippen molar-refractivity contribution in [1.29, 1.82) is 0 Å². The summed E-state index contributed by atoms with van der Waals surface area (Å²) in [6, 6.07) is 4.32. The van der Waals surface area contributed by atoms with Crippen molar-refractivity contribution in [2.24, 2.45) is 0 Å². The number of aromatic nitrogens is 4. The van der Waals surface area contributed by atoms with Crippen LogP contribution in [0.5, 0.6) is 0 Å². The molecule has 0 aromatic carbocycles. The van der Waals surface area contributed by atoms with Crippen LogP contribution in [0.4, 0.5) is 11.6 Å². The molecule has 1 aliphatic rings. The number of pyridine rings is 1. The highest BCUT2D eigenvalue weighted by Crippen LogP contribution is 2.37. The van der Waals surface area contributed by atoms with Crippen LogP contribution in [0.3, 0.4) is 0 Å². The Bertz CT molecular complexity index is 861. The molecule has 1 fully saturated rings. The first-order valence-corrected chi connectivity index (χ1v) is 8.08. The summed E-state index contributed by atoms with van der Waals surface area (Å²) < 4.78 is 5.40. The zero-order chi connectivity index (χ0) is 16.5. The lowest BCUT2D eigenvalue weighted by Gasteiger charge is -2.27. The van der Waals surface area contributed by atoms with Crippen molar-refractivity contribution in [1.82, 2.24) is 19.9 Å². The van der Waals surface area contributed by atoms with Crippen molar-refractivity contribution in [3.8, 4) is 11.3 Å². The summed E-state index contributed by atoms with van der Waals surface area (Å²) in [4.78, 5) is 18.5. The number of H-pyrrole nitrogens is 1. The first-order chi connectivity index (χ1) is 11.8. The van der Waals surface area contributed by atoms with E-state index in [1.54, 1.807) is 13.3 Å². The molecule has 0 radical (unpaired) electrons. The third-order valence-corrected chi connectivity index (χ3v) is 4.55.